The molecule has 1 fully saturated rings. The van der Waals surface area contributed by atoms with E-state index in [0.29, 0.717) is 6.04 Å². The molecular formula is C15H22N2O. The zero-order valence-electron chi connectivity index (χ0n) is 11.4. The van der Waals surface area contributed by atoms with E-state index in [-0.39, 0.29) is 11.9 Å². The lowest BCUT2D eigenvalue weighted by molar-refractivity contribution is -0.118. The summed E-state index contributed by atoms with van der Waals surface area (Å²) in [5, 5.41) is 6.43. The topological polar surface area (TPSA) is 41.1 Å². The van der Waals surface area contributed by atoms with Gasteiger partial charge >= 0.3 is 0 Å². The van der Waals surface area contributed by atoms with Crippen molar-refractivity contribution in [1.29, 1.82) is 0 Å². The number of carbonyl (C=O) groups is 1. The van der Waals surface area contributed by atoms with Gasteiger partial charge in [0.2, 0.25) is 5.91 Å². The molecule has 1 aromatic rings. The molecule has 98 valence electrons. The van der Waals surface area contributed by atoms with Crippen molar-refractivity contribution in [3.63, 3.8) is 0 Å². The Morgan fingerprint density at radius 2 is 1.94 bits per heavy atom. The molecule has 3 heteroatoms. The van der Waals surface area contributed by atoms with Crippen LogP contribution in [0.25, 0.3) is 0 Å². The Kier molecular flexibility index (Phi) is 4.02. The predicted octanol–water partition coefficient (Wildman–Crippen LogP) is 2.77. The molecule has 1 heterocycles. The van der Waals surface area contributed by atoms with E-state index >= 15 is 0 Å². The number of hydrogen-bond acceptors (Lipinski definition) is 2. The van der Waals surface area contributed by atoms with Crippen molar-refractivity contribution < 1.29 is 4.79 Å². The Hall–Kier alpha value is -1.35. The number of anilines is 1. The molecule has 1 saturated heterocycles. The minimum absolute atomic E-state index is 0.0484. The summed E-state index contributed by atoms with van der Waals surface area (Å²) in [6, 6.07) is 6.46. The molecule has 18 heavy (non-hydrogen) atoms. The fourth-order valence-corrected chi connectivity index (χ4v) is 2.57. The Morgan fingerprint density at radius 1 is 1.28 bits per heavy atom. The number of aryl methyl sites for hydroxylation is 2. The van der Waals surface area contributed by atoms with Gasteiger partial charge in [0.25, 0.3) is 0 Å². The highest BCUT2D eigenvalue weighted by atomic mass is 16.2. The molecule has 1 aliphatic heterocycles. The summed E-state index contributed by atoms with van der Waals surface area (Å²) in [7, 11) is 0. The second-order valence-corrected chi connectivity index (χ2v) is 5.31. The minimum Gasteiger partial charge on any atom is -0.324 e. The third-order valence-electron chi connectivity index (χ3n) is 3.66. The number of benzene rings is 1. The monoisotopic (exact) mass is 246 g/mol. The number of carbonyl (C=O) groups excluding carboxylic acids is 1. The Morgan fingerprint density at radius 3 is 2.56 bits per heavy atom. The Labute approximate surface area is 109 Å². The molecule has 1 amide bonds. The van der Waals surface area contributed by atoms with Crippen LogP contribution in [-0.4, -0.2) is 18.0 Å². The summed E-state index contributed by atoms with van der Waals surface area (Å²) >= 11 is 0. The fourth-order valence-electron chi connectivity index (χ4n) is 2.57. The van der Waals surface area contributed by atoms with Gasteiger partial charge in [-0.05, 0) is 51.2 Å². The molecule has 1 aromatic carbocycles. The van der Waals surface area contributed by atoms with E-state index in [1.165, 1.54) is 0 Å². The summed E-state index contributed by atoms with van der Waals surface area (Å²) in [5.74, 6) is 0.0963. The average molecular weight is 246 g/mol. The van der Waals surface area contributed by atoms with Crippen molar-refractivity contribution in [2.45, 2.75) is 52.1 Å². The predicted molar refractivity (Wildman–Crippen MR) is 74.8 cm³/mol. The van der Waals surface area contributed by atoms with Crippen LogP contribution in [0.15, 0.2) is 18.2 Å². The van der Waals surface area contributed by atoms with Crippen LogP contribution < -0.4 is 10.6 Å². The zero-order chi connectivity index (χ0) is 13.1. The van der Waals surface area contributed by atoms with Crippen molar-refractivity contribution in [2.75, 3.05) is 5.32 Å². The van der Waals surface area contributed by atoms with Gasteiger partial charge in [-0.3, -0.25) is 4.79 Å². The normalized spacial score (nSPS) is 23.7. The molecule has 2 atom stereocenters. The van der Waals surface area contributed by atoms with Crippen LogP contribution in [-0.2, 0) is 4.79 Å². The molecule has 1 aliphatic rings. The largest absolute Gasteiger partial charge is 0.324 e. The van der Waals surface area contributed by atoms with Crippen molar-refractivity contribution >= 4 is 11.6 Å². The molecule has 2 N–H and O–H groups in total. The summed E-state index contributed by atoms with van der Waals surface area (Å²) < 4.78 is 0. The van der Waals surface area contributed by atoms with Crippen molar-refractivity contribution in [3.05, 3.63) is 29.3 Å². The maximum absolute atomic E-state index is 12.2. The van der Waals surface area contributed by atoms with E-state index in [1.54, 1.807) is 0 Å². The van der Waals surface area contributed by atoms with E-state index in [9.17, 15) is 4.79 Å². The van der Waals surface area contributed by atoms with Crippen LogP contribution in [0.2, 0.25) is 0 Å². The molecule has 0 unspecified atom stereocenters. The van der Waals surface area contributed by atoms with Gasteiger partial charge in [-0.15, -0.1) is 0 Å². The first-order valence-electron chi connectivity index (χ1n) is 6.71. The third-order valence-corrected chi connectivity index (χ3v) is 3.66. The van der Waals surface area contributed by atoms with Crippen molar-refractivity contribution in [2.24, 2.45) is 0 Å². The quantitative estimate of drug-likeness (QED) is 0.842. The number of amides is 1. The van der Waals surface area contributed by atoms with Gasteiger partial charge < -0.3 is 10.6 Å². The average Bonchev–Trinajstić information content (AvgIpc) is 2.34. The van der Waals surface area contributed by atoms with Gasteiger partial charge in [-0.1, -0.05) is 18.2 Å². The summed E-state index contributed by atoms with van der Waals surface area (Å²) in [6.07, 6.45) is 3.22. The van der Waals surface area contributed by atoms with E-state index in [2.05, 4.69) is 17.6 Å². The lowest BCUT2D eigenvalue weighted by Gasteiger charge is -2.28. The number of para-hydroxylation sites is 1. The molecule has 0 spiro atoms. The molecule has 0 aliphatic carbocycles. The van der Waals surface area contributed by atoms with E-state index in [4.69, 9.17) is 0 Å². The van der Waals surface area contributed by atoms with E-state index < -0.39 is 0 Å². The van der Waals surface area contributed by atoms with Crippen LogP contribution in [0.5, 0.6) is 0 Å². The summed E-state index contributed by atoms with van der Waals surface area (Å²) in [6.45, 7) is 6.19. The number of hydrogen-bond donors (Lipinski definition) is 2. The summed E-state index contributed by atoms with van der Waals surface area (Å²) in [5.41, 5.74) is 3.20. The fraction of sp³-hybridized carbons (Fsp3) is 0.533. The van der Waals surface area contributed by atoms with Gasteiger partial charge in [-0.2, -0.15) is 0 Å². The molecule has 0 aromatic heterocycles. The smallest absolute Gasteiger partial charge is 0.241 e. The lowest BCUT2D eigenvalue weighted by atomic mass is 9.98. The number of piperidine rings is 1. The highest BCUT2D eigenvalue weighted by Gasteiger charge is 2.24. The molecular weight excluding hydrogens is 224 g/mol. The highest BCUT2D eigenvalue weighted by molar-refractivity contribution is 5.96. The van der Waals surface area contributed by atoms with Crippen molar-refractivity contribution in [3.8, 4) is 0 Å². The second-order valence-electron chi connectivity index (χ2n) is 5.31. The first-order valence-corrected chi connectivity index (χ1v) is 6.71. The molecule has 2 rings (SSSR count). The Bertz CT molecular complexity index is 422. The molecule has 3 nitrogen and oxygen atoms in total. The number of rotatable bonds is 2. The maximum atomic E-state index is 12.2. The highest BCUT2D eigenvalue weighted by Crippen LogP contribution is 2.21. The van der Waals surface area contributed by atoms with Crippen LogP contribution in [0.4, 0.5) is 5.69 Å². The van der Waals surface area contributed by atoms with Crippen LogP contribution in [0, 0.1) is 13.8 Å². The van der Waals surface area contributed by atoms with Crippen LogP contribution in [0.1, 0.15) is 37.3 Å². The van der Waals surface area contributed by atoms with Gasteiger partial charge in [0.1, 0.15) is 0 Å². The van der Waals surface area contributed by atoms with Crippen molar-refractivity contribution in [1.82, 2.24) is 5.32 Å². The Balaban J connectivity index is 2.07. The first kappa shape index (κ1) is 13.1. The van der Waals surface area contributed by atoms with E-state index in [0.717, 1.165) is 36.1 Å². The first-order chi connectivity index (χ1) is 8.58. The molecule has 0 radical (unpaired) electrons. The number of nitrogens with one attached hydrogen (secondary N) is 2. The van der Waals surface area contributed by atoms with Gasteiger partial charge in [0.15, 0.2) is 0 Å². The van der Waals surface area contributed by atoms with Gasteiger partial charge in [0, 0.05) is 11.7 Å². The molecule has 0 bridgehead atoms. The zero-order valence-corrected chi connectivity index (χ0v) is 11.4. The van der Waals surface area contributed by atoms with Gasteiger partial charge in [0.05, 0.1) is 6.04 Å². The van der Waals surface area contributed by atoms with E-state index in [1.807, 2.05) is 32.0 Å². The maximum Gasteiger partial charge on any atom is 0.241 e. The standard InChI is InChI=1S/C15H22N2O/c1-10-6-4-7-11(2)14(10)17-15(18)13-9-5-8-12(3)16-13/h4,6-7,12-13,16H,5,8-9H2,1-3H3,(H,17,18)/t12-,13+/m1/s1. The molecule has 0 saturated carbocycles. The minimum atomic E-state index is -0.0484. The van der Waals surface area contributed by atoms with Crippen LogP contribution in [0.3, 0.4) is 0 Å². The lowest BCUT2D eigenvalue weighted by Crippen LogP contribution is -2.47. The summed E-state index contributed by atoms with van der Waals surface area (Å²) in [4.78, 5) is 12.2. The van der Waals surface area contributed by atoms with Gasteiger partial charge in [-0.25, -0.2) is 0 Å². The second kappa shape index (κ2) is 5.53. The van der Waals surface area contributed by atoms with Crippen LogP contribution >= 0.6 is 0 Å². The third kappa shape index (κ3) is 2.91. The SMILES string of the molecule is Cc1cccc(C)c1NC(=O)[C@@H]1CCC[C@@H](C)N1.